The van der Waals surface area contributed by atoms with E-state index < -0.39 is 18.6 Å². The number of hydrogen-bond donors (Lipinski definition) is 2. The van der Waals surface area contributed by atoms with Crippen molar-refractivity contribution in [2.45, 2.75) is 19.6 Å². The largest absolute Gasteiger partial charge is 0.496 e. The van der Waals surface area contributed by atoms with Gasteiger partial charge in [0.1, 0.15) is 29.2 Å². The molecule has 11 heteroatoms. The molecule has 1 unspecified atom stereocenters. The van der Waals surface area contributed by atoms with Crippen LogP contribution in [0.15, 0.2) is 42.9 Å². The molecule has 8 nitrogen and oxygen atoms in total. The summed E-state index contributed by atoms with van der Waals surface area (Å²) in [6.45, 7) is 1.86. The van der Waals surface area contributed by atoms with Crippen LogP contribution in [0.3, 0.4) is 0 Å². The molecule has 1 amide bonds. The SMILES string of the molecule is COc1cc(-n2cnc3cc(-c4cnc(C)[nH]4)ccc32)cc(OC)c1C(=O)NC(F)C(F)F. The van der Waals surface area contributed by atoms with Crippen molar-refractivity contribution in [3.8, 4) is 28.4 Å². The average molecular weight is 459 g/mol. The van der Waals surface area contributed by atoms with Crippen LogP contribution in [0, 0.1) is 6.92 Å². The van der Waals surface area contributed by atoms with E-state index in [9.17, 15) is 18.0 Å². The lowest BCUT2D eigenvalue weighted by Gasteiger charge is -2.17. The number of aromatic nitrogens is 4. The van der Waals surface area contributed by atoms with Crippen LogP contribution in [0.25, 0.3) is 28.0 Å². The fourth-order valence-corrected chi connectivity index (χ4v) is 3.47. The number of halogens is 3. The van der Waals surface area contributed by atoms with E-state index in [0.29, 0.717) is 11.2 Å². The molecule has 1 atom stereocenters. The number of aryl methyl sites for hydroxylation is 1. The van der Waals surface area contributed by atoms with Gasteiger partial charge >= 0.3 is 0 Å². The van der Waals surface area contributed by atoms with Gasteiger partial charge in [-0.1, -0.05) is 6.07 Å². The Kier molecular flexibility index (Phi) is 5.95. The summed E-state index contributed by atoms with van der Waals surface area (Å²) in [5.74, 6) is -0.242. The van der Waals surface area contributed by atoms with Crippen molar-refractivity contribution < 1.29 is 27.4 Å². The second-order valence-corrected chi connectivity index (χ2v) is 7.14. The molecule has 0 aliphatic rings. The van der Waals surface area contributed by atoms with Crippen LogP contribution >= 0.6 is 0 Å². The Labute approximate surface area is 186 Å². The van der Waals surface area contributed by atoms with Crippen LogP contribution in [0.1, 0.15) is 16.2 Å². The number of nitrogens with zero attached hydrogens (tertiary/aromatic N) is 3. The Morgan fingerprint density at radius 2 is 1.79 bits per heavy atom. The second-order valence-electron chi connectivity index (χ2n) is 7.14. The molecular formula is C22H20F3N5O3. The quantitative estimate of drug-likeness (QED) is 0.407. The molecular weight excluding hydrogens is 439 g/mol. The van der Waals surface area contributed by atoms with Gasteiger partial charge in [0.2, 0.25) is 6.30 Å². The summed E-state index contributed by atoms with van der Waals surface area (Å²) in [6.07, 6.45) is -2.85. The molecule has 0 saturated carbocycles. The van der Waals surface area contributed by atoms with Crippen LogP contribution < -0.4 is 14.8 Å². The van der Waals surface area contributed by atoms with Gasteiger partial charge in [0.15, 0.2) is 0 Å². The van der Waals surface area contributed by atoms with Gasteiger partial charge in [-0.15, -0.1) is 0 Å². The molecule has 33 heavy (non-hydrogen) atoms. The predicted molar refractivity (Wildman–Crippen MR) is 115 cm³/mol. The Morgan fingerprint density at radius 1 is 1.09 bits per heavy atom. The number of fused-ring (bicyclic) bond motifs is 1. The predicted octanol–water partition coefficient (Wildman–Crippen LogP) is 4.03. The molecule has 2 N–H and O–H groups in total. The maximum Gasteiger partial charge on any atom is 0.287 e. The number of amides is 1. The zero-order chi connectivity index (χ0) is 23.7. The number of hydrogen-bond acceptors (Lipinski definition) is 5. The molecule has 172 valence electrons. The van der Waals surface area contributed by atoms with E-state index in [0.717, 1.165) is 22.6 Å². The van der Waals surface area contributed by atoms with Crippen molar-refractivity contribution >= 4 is 16.9 Å². The third-order valence-electron chi connectivity index (χ3n) is 5.05. The normalized spacial score (nSPS) is 12.2. The highest BCUT2D eigenvalue weighted by Gasteiger charge is 2.27. The first-order chi connectivity index (χ1) is 15.8. The number of carbonyl (C=O) groups excluding carboxylic acids is 1. The Hall–Kier alpha value is -4.02. The van der Waals surface area contributed by atoms with Crippen LogP contribution in [0.5, 0.6) is 11.5 Å². The van der Waals surface area contributed by atoms with E-state index >= 15 is 0 Å². The van der Waals surface area contributed by atoms with Crippen LogP contribution in [0.4, 0.5) is 13.2 Å². The molecule has 0 saturated heterocycles. The number of imidazole rings is 2. The summed E-state index contributed by atoms with van der Waals surface area (Å²) in [4.78, 5) is 24.3. The van der Waals surface area contributed by atoms with Crippen LogP contribution in [0.2, 0.25) is 0 Å². The number of rotatable bonds is 7. The second kappa shape index (κ2) is 8.85. The topological polar surface area (TPSA) is 94.1 Å². The summed E-state index contributed by atoms with van der Waals surface area (Å²) in [6, 6.07) is 8.72. The Bertz CT molecular complexity index is 1290. The maximum absolute atomic E-state index is 13.4. The fourth-order valence-electron chi connectivity index (χ4n) is 3.47. The molecule has 2 aromatic heterocycles. The number of H-pyrrole nitrogens is 1. The van der Waals surface area contributed by atoms with Crippen molar-refractivity contribution in [2.75, 3.05) is 14.2 Å². The van der Waals surface area contributed by atoms with Crippen molar-refractivity contribution in [3.63, 3.8) is 0 Å². The minimum absolute atomic E-state index is 0.0229. The maximum atomic E-state index is 13.4. The van der Waals surface area contributed by atoms with Gasteiger partial charge in [0.25, 0.3) is 12.3 Å². The zero-order valence-corrected chi connectivity index (χ0v) is 17.9. The number of methoxy groups -OCH3 is 2. The zero-order valence-electron chi connectivity index (χ0n) is 17.9. The molecule has 0 spiro atoms. The van der Waals surface area contributed by atoms with E-state index in [2.05, 4.69) is 15.0 Å². The van der Waals surface area contributed by atoms with Gasteiger partial charge < -0.3 is 19.8 Å². The highest BCUT2D eigenvalue weighted by molar-refractivity contribution is 6.00. The lowest BCUT2D eigenvalue weighted by Crippen LogP contribution is -2.36. The average Bonchev–Trinajstić information content (AvgIpc) is 3.43. The van der Waals surface area contributed by atoms with Gasteiger partial charge in [0, 0.05) is 17.7 Å². The van der Waals surface area contributed by atoms with Gasteiger partial charge in [-0.2, -0.15) is 0 Å². The van der Waals surface area contributed by atoms with Crippen molar-refractivity contribution in [2.24, 2.45) is 0 Å². The number of ether oxygens (including phenoxy) is 2. The van der Waals surface area contributed by atoms with E-state index in [4.69, 9.17) is 9.47 Å². The highest BCUT2D eigenvalue weighted by Crippen LogP contribution is 2.34. The number of alkyl halides is 3. The smallest absolute Gasteiger partial charge is 0.287 e. The van der Waals surface area contributed by atoms with Crippen molar-refractivity contribution in [1.29, 1.82) is 0 Å². The summed E-state index contributed by atoms with van der Waals surface area (Å²) in [5, 5.41) is 1.61. The lowest BCUT2D eigenvalue weighted by molar-refractivity contribution is 0.0285. The van der Waals surface area contributed by atoms with Crippen LogP contribution in [-0.2, 0) is 0 Å². The number of aromatic amines is 1. The lowest BCUT2D eigenvalue weighted by atomic mass is 10.1. The van der Waals surface area contributed by atoms with E-state index in [1.54, 1.807) is 22.4 Å². The third kappa shape index (κ3) is 4.21. The fraction of sp³-hybridized carbons (Fsp3) is 0.227. The van der Waals surface area contributed by atoms with Gasteiger partial charge in [-0.25, -0.2) is 23.1 Å². The number of carbonyl (C=O) groups is 1. The minimum atomic E-state index is -3.36. The summed E-state index contributed by atoms with van der Waals surface area (Å²) in [5.41, 5.74) is 3.58. The highest BCUT2D eigenvalue weighted by atomic mass is 19.3. The first kappa shape index (κ1) is 22.2. The van der Waals surface area contributed by atoms with E-state index in [1.807, 2.05) is 25.1 Å². The van der Waals surface area contributed by atoms with Gasteiger partial charge in [-0.3, -0.25) is 9.36 Å². The first-order valence-electron chi connectivity index (χ1n) is 9.81. The summed E-state index contributed by atoms with van der Waals surface area (Å²) in [7, 11) is 2.61. The molecule has 4 aromatic rings. The number of nitrogens with one attached hydrogen (secondary N) is 2. The molecule has 2 heterocycles. The number of benzene rings is 2. The Balaban J connectivity index is 1.75. The monoisotopic (exact) mass is 459 g/mol. The summed E-state index contributed by atoms with van der Waals surface area (Å²) >= 11 is 0. The Morgan fingerprint density at radius 3 is 2.36 bits per heavy atom. The molecule has 2 aromatic carbocycles. The summed E-state index contributed by atoms with van der Waals surface area (Å²) < 4.78 is 50.8. The van der Waals surface area contributed by atoms with Gasteiger partial charge in [-0.05, 0) is 19.1 Å². The molecule has 0 radical (unpaired) electrons. The van der Waals surface area contributed by atoms with Gasteiger partial charge in [0.05, 0.1) is 42.8 Å². The molecule has 4 rings (SSSR count). The van der Waals surface area contributed by atoms with Crippen LogP contribution in [-0.4, -0.2) is 52.4 Å². The molecule has 0 aliphatic heterocycles. The molecule has 0 aliphatic carbocycles. The minimum Gasteiger partial charge on any atom is -0.496 e. The molecule has 0 fully saturated rings. The first-order valence-corrected chi connectivity index (χ1v) is 9.81. The van der Waals surface area contributed by atoms with Crippen molar-refractivity contribution in [1.82, 2.24) is 24.8 Å². The molecule has 0 bridgehead atoms. The van der Waals surface area contributed by atoms with Crippen molar-refractivity contribution in [3.05, 3.63) is 54.2 Å². The third-order valence-corrected chi connectivity index (χ3v) is 5.05. The van der Waals surface area contributed by atoms with E-state index in [1.165, 1.54) is 26.4 Å². The van der Waals surface area contributed by atoms with E-state index in [-0.39, 0.29) is 17.1 Å². The standard InChI is InChI=1S/C22H20F3N5O3/c1-11-26-9-15(28-11)12-4-5-16-14(6-12)27-10-30(16)13-7-17(32-2)19(18(8-13)33-3)22(31)29-21(25)20(23)24/h4-10,20-21H,1-3H3,(H,26,28)(H,29,31).